The highest BCUT2D eigenvalue weighted by Gasteiger charge is 2.20. The number of carbonyl (C=O) groups is 3. The Hall–Kier alpha value is -3.66. The minimum Gasteiger partial charge on any atom is -0.449 e. The largest absolute Gasteiger partial charge is 0.449 e. The second kappa shape index (κ2) is 10.8. The van der Waals surface area contributed by atoms with E-state index in [1.54, 1.807) is 6.07 Å². The topological polar surface area (TPSA) is 108 Å². The molecule has 0 bridgehead atoms. The normalized spacial score (nSPS) is 12.2. The van der Waals surface area contributed by atoms with Crippen molar-refractivity contribution in [2.24, 2.45) is 0 Å². The van der Waals surface area contributed by atoms with E-state index in [0.29, 0.717) is 11.4 Å². The first-order valence-electron chi connectivity index (χ1n) is 9.73. The molecule has 156 valence electrons. The van der Waals surface area contributed by atoms with Crippen LogP contribution in [0.3, 0.4) is 0 Å². The number of anilines is 2. The van der Waals surface area contributed by atoms with E-state index in [0.717, 1.165) is 12.0 Å². The number of nitriles is 1. The summed E-state index contributed by atoms with van der Waals surface area (Å²) in [7, 11) is 0. The third kappa shape index (κ3) is 6.17. The lowest BCUT2D eigenvalue weighted by Gasteiger charge is -2.18. The van der Waals surface area contributed by atoms with Crippen LogP contribution >= 0.6 is 0 Å². The molecule has 2 amide bonds. The Kier molecular flexibility index (Phi) is 8.12. The SMILES string of the molecule is CC[C@@H](C)c1ccccc1NC(=O)[C@@H](C)OC(=O)c1ccc(NC(=O)CC#N)cc1. The van der Waals surface area contributed by atoms with Crippen molar-refractivity contribution < 1.29 is 19.1 Å². The Labute approximate surface area is 176 Å². The molecule has 0 saturated carbocycles. The Morgan fingerprint density at radius 3 is 2.33 bits per heavy atom. The molecular weight excluding hydrogens is 382 g/mol. The van der Waals surface area contributed by atoms with E-state index in [9.17, 15) is 14.4 Å². The van der Waals surface area contributed by atoms with Gasteiger partial charge in [-0.1, -0.05) is 32.0 Å². The highest BCUT2D eigenvalue weighted by molar-refractivity contribution is 5.98. The van der Waals surface area contributed by atoms with Crippen molar-refractivity contribution in [3.63, 3.8) is 0 Å². The first-order valence-corrected chi connectivity index (χ1v) is 9.73. The summed E-state index contributed by atoms with van der Waals surface area (Å²) in [6, 6.07) is 15.3. The zero-order chi connectivity index (χ0) is 22.1. The molecular formula is C23H25N3O4. The van der Waals surface area contributed by atoms with Gasteiger partial charge < -0.3 is 15.4 Å². The number of nitrogens with one attached hydrogen (secondary N) is 2. The molecule has 7 heteroatoms. The first-order chi connectivity index (χ1) is 14.3. The van der Waals surface area contributed by atoms with Gasteiger partial charge in [-0.3, -0.25) is 9.59 Å². The molecule has 0 spiro atoms. The number of ether oxygens (including phenoxy) is 1. The third-order valence-electron chi connectivity index (χ3n) is 4.66. The van der Waals surface area contributed by atoms with Gasteiger partial charge in [0.1, 0.15) is 6.42 Å². The summed E-state index contributed by atoms with van der Waals surface area (Å²) in [6.45, 7) is 5.67. The average Bonchev–Trinajstić information content (AvgIpc) is 2.74. The van der Waals surface area contributed by atoms with Gasteiger partial charge >= 0.3 is 5.97 Å². The van der Waals surface area contributed by atoms with Gasteiger partial charge in [-0.25, -0.2) is 4.79 Å². The molecule has 0 aromatic heterocycles. The van der Waals surface area contributed by atoms with Crippen LogP contribution in [0.25, 0.3) is 0 Å². The van der Waals surface area contributed by atoms with Gasteiger partial charge in [0, 0.05) is 11.4 Å². The van der Waals surface area contributed by atoms with E-state index in [-0.39, 0.29) is 17.9 Å². The van der Waals surface area contributed by atoms with Gasteiger partial charge in [-0.15, -0.1) is 0 Å². The third-order valence-corrected chi connectivity index (χ3v) is 4.66. The molecule has 0 aliphatic heterocycles. The quantitative estimate of drug-likeness (QED) is 0.637. The molecule has 0 radical (unpaired) electrons. The fraction of sp³-hybridized carbons (Fsp3) is 0.304. The minimum atomic E-state index is -0.988. The van der Waals surface area contributed by atoms with Crippen LogP contribution in [0, 0.1) is 11.3 Å². The predicted molar refractivity (Wildman–Crippen MR) is 114 cm³/mol. The van der Waals surface area contributed by atoms with Crippen molar-refractivity contribution in [2.75, 3.05) is 10.6 Å². The molecule has 0 aliphatic rings. The zero-order valence-corrected chi connectivity index (χ0v) is 17.3. The number of rotatable bonds is 8. The van der Waals surface area contributed by atoms with Gasteiger partial charge in [0.05, 0.1) is 11.6 Å². The molecule has 2 rings (SSSR count). The Morgan fingerprint density at radius 1 is 1.03 bits per heavy atom. The van der Waals surface area contributed by atoms with Crippen LogP contribution in [-0.4, -0.2) is 23.9 Å². The maximum Gasteiger partial charge on any atom is 0.338 e. The van der Waals surface area contributed by atoms with E-state index in [1.165, 1.54) is 31.2 Å². The van der Waals surface area contributed by atoms with E-state index in [4.69, 9.17) is 10.00 Å². The zero-order valence-electron chi connectivity index (χ0n) is 17.3. The number of benzene rings is 2. The number of carbonyl (C=O) groups excluding carboxylic acids is 3. The Morgan fingerprint density at radius 2 is 1.70 bits per heavy atom. The summed E-state index contributed by atoms with van der Waals surface area (Å²) in [5.41, 5.74) is 2.44. The molecule has 0 aliphatic carbocycles. The highest BCUT2D eigenvalue weighted by atomic mass is 16.5. The Balaban J connectivity index is 1.98. The summed E-state index contributed by atoms with van der Waals surface area (Å²) in [4.78, 5) is 36.3. The van der Waals surface area contributed by atoms with Crippen molar-refractivity contribution in [1.82, 2.24) is 0 Å². The van der Waals surface area contributed by atoms with Gasteiger partial charge in [0.15, 0.2) is 6.10 Å². The van der Waals surface area contributed by atoms with Crippen LogP contribution in [0.1, 0.15) is 55.5 Å². The summed E-state index contributed by atoms with van der Waals surface area (Å²) >= 11 is 0. The molecule has 2 N–H and O–H groups in total. The van der Waals surface area contributed by atoms with Gasteiger partial charge in [-0.2, -0.15) is 5.26 Å². The number of amides is 2. The monoisotopic (exact) mass is 407 g/mol. The van der Waals surface area contributed by atoms with Gasteiger partial charge in [0.2, 0.25) is 5.91 Å². The molecule has 2 aromatic rings. The maximum absolute atomic E-state index is 12.5. The van der Waals surface area contributed by atoms with E-state index >= 15 is 0 Å². The molecule has 2 aromatic carbocycles. The Bertz CT molecular complexity index is 948. The van der Waals surface area contributed by atoms with Gasteiger partial charge in [0.25, 0.3) is 5.91 Å². The molecule has 0 saturated heterocycles. The average molecular weight is 407 g/mol. The lowest BCUT2D eigenvalue weighted by molar-refractivity contribution is -0.123. The molecule has 30 heavy (non-hydrogen) atoms. The van der Waals surface area contributed by atoms with E-state index in [2.05, 4.69) is 24.5 Å². The lowest BCUT2D eigenvalue weighted by atomic mass is 9.97. The fourth-order valence-corrected chi connectivity index (χ4v) is 2.74. The number of hydrogen-bond donors (Lipinski definition) is 2. The predicted octanol–water partition coefficient (Wildman–Crippen LogP) is 4.24. The highest BCUT2D eigenvalue weighted by Crippen LogP contribution is 2.26. The number of nitrogens with zero attached hydrogens (tertiary/aromatic N) is 1. The summed E-state index contributed by atoms with van der Waals surface area (Å²) in [5.74, 6) is -1.22. The van der Waals surface area contributed by atoms with E-state index in [1.807, 2.05) is 24.3 Å². The van der Waals surface area contributed by atoms with Crippen molar-refractivity contribution >= 4 is 29.2 Å². The minimum absolute atomic E-state index is 0.243. The second-order valence-electron chi connectivity index (χ2n) is 6.89. The van der Waals surface area contributed by atoms with Crippen LogP contribution in [0.15, 0.2) is 48.5 Å². The summed E-state index contributed by atoms with van der Waals surface area (Å²) in [5, 5.41) is 13.9. The second-order valence-corrected chi connectivity index (χ2v) is 6.89. The smallest absolute Gasteiger partial charge is 0.338 e. The fourth-order valence-electron chi connectivity index (χ4n) is 2.74. The lowest BCUT2D eigenvalue weighted by Crippen LogP contribution is -2.30. The maximum atomic E-state index is 12.5. The van der Waals surface area contributed by atoms with E-state index < -0.39 is 23.9 Å². The summed E-state index contributed by atoms with van der Waals surface area (Å²) < 4.78 is 5.28. The first kappa shape index (κ1) is 22.6. The number of hydrogen-bond acceptors (Lipinski definition) is 5. The summed E-state index contributed by atoms with van der Waals surface area (Å²) in [6.07, 6.45) is -0.307. The van der Waals surface area contributed by atoms with Crippen molar-refractivity contribution in [3.8, 4) is 6.07 Å². The van der Waals surface area contributed by atoms with Gasteiger partial charge in [-0.05, 0) is 55.2 Å². The van der Waals surface area contributed by atoms with Crippen LogP contribution in [-0.2, 0) is 14.3 Å². The van der Waals surface area contributed by atoms with Crippen molar-refractivity contribution in [1.29, 1.82) is 5.26 Å². The molecule has 0 fully saturated rings. The van der Waals surface area contributed by atoms with Crippen LogP contribution < -0.4 is 10.6 Å². The standard InChI is InChI=1S/C23H25N3O4/c1-4-15(2)19-7-5-6-8-20(19)26-22(28)16(3)30-23(29)17-9-11-18(12-10-17)25-21(27)13-14-24/h5-12,15-16H,4,13H2,1-3H3,(H,25,27)(H,26,28)/t15-,16-/m1/s1. The molecule has 2 atom stereocenters. The van der Waals surface area contributed by atoms with Crippen LogP contribution in [0.2, 0.25) is 0 Å². The van der Waals surface area contributed by atoms with Crippen molar-refractivity contribution in [3.05, 3.63) is 59.7 Å². The van der Waals surface area contributed by atoms with Crippen LogP contribution in [0.4, 0.5) is 11.4 Å². The number of esters is 1. The molecule has 0 unspecified atom stereocenters. The molecule has 0 heterocycles. The van der Waals surface area contributed by atoms with Crippen LogP contribution in [0.5, 0.6) is 0 Å². The molecule has 7 nitrogen and oxygen atoms in total. The number of para-hydroxylation sites is 1. The van der Waals surface area contributed by atoms with Crippen molar-refractivity contribution in [2.45, 2.75) is 45.6 Å².